The van der Waals surface area contributed by atoms with E-state index in [9.17, 15) is 78.7 Å². The topological polar surface area (TPSA) is 52.6 Å². The third-order valence-electron chi connectivity index (χ3n) is 3.32. The van der Waals surface area contributed by atoms with Crippen LogP contribution in [0.4, 0.5) is 70.2 Å². The largest absolute Gasteiger partial charge is 0.399 e. The van der Waals surface area contributed by atoms with Crippen molar-refractivity contribution in [3.8, 4) is 0 Å². The van der Waals surface area contributed by atoms with E-state index in [1.165, 1.54) is 0 Å². The second-order valence-electron chi connectivity index (χ2n) is 5.34. The molecular formula is C10H6F16O4S. The van der Waals surface area contributed by atoms with E-state index < -0.39 is 64.9 Å². The Morgan fingerprint density at radius 2 is 0.968 bits per heavy atom. The number of hydrogen-bond donors (Lipinski definition) is 0. The van der Waals surface area contributed by atoms with Gasteiger partial charge in [-0.15, -0.1) is 0 Å². The summed E-state index contributed by atoms with van der Waals surface area (Å²) in [5.41, 5.74) is 0. The summed E-state index contributed by atoms with van der Waals surface area (Å²) in [4.78, 5) is 0. The molecule has 0 rings (SSSR count). The van der Waals surface area contributed by atoms with Crippen molar-refractivity contribution in [3.63, 3.8) is 0 Å². The molecule has 0 unspecified atom stereocenters. The van der Waals surface area contributed by atoms with Crippen molar-refractivity contribution in [2.75, 3.05) is 13.7 Å². The standard InChI is InChI=1S/C10H6F16O4S/c1-29-31(27,28)30-2-4(13,14)6(17,18)8(21,22)10(25,26)9(23,24)7(19,20)5(15,16)3(11)12/h3H,2H2,1H3. The van der Waals surface area contributed by atoms with Crippen LogP contribution < -0.4 is 0 Å². The lowest BCUT2D eigenvalue weighted by atomic mass is 9.89. The van der Waals surface area contributed by atoms with E-state index in [4.69, 9.17) is 0 Å². The fourth-order valence-corrected chi connectivity index (χ4v) is 1.84. The zero-order valence-electron chi connectivity index (χ0n) is 13.9. The maximum Gasteiger partial charge on any atom is 0.399 e. The highest BCUT2D eigenvalue weighted by molar-refractivity contribution is 7.81. The summed E-state index contributed by atoms with van der Waals surface area (Å²) in [6.45, 7) is -3.53. The van der Waals surface area contributed by atoms with Gasteiger partial charge in [0.25, 0.3) is 0 Å². The number of alkyl halides is 16. The molecule has 0 aliphatic carbocycles. The van der Waals surface area contributed by atoms with E-state index in [1.54, 1.807) is 0 Å². The van der Waals surface area contributed by atoms with E-state index in [0.29, 0.717) is 0 Å². The lowest BCUT2D eigenvalue weighted by Gasteiger charge is -2.42. The first kappa shape index (κ1) is 29.8. The Kier molecular flexibility index (Phi) is 7.64. The summed E-state index contributed by atoms with van der Waals surface area (Å²) >= 11 is 0. The summed E-state index contributed by atoms with van der Waals surface area (Å²) in [7, 11) is -5.56. The summed E-state index contributed by atoms with van der Waals surface area (Å²) in [5, 5.41) is 0. The molecule has 0 atom stereocenters. The molecule has 0 fully saturated rings. The second-order valence-corrected chi connectivity index (χ2v) is 6.72. The molecule has 31 heavy (non-hydrogen) atoms. The van der Waals surface area contributed by atoms with Crippen LogP contribution in [0.2, 0.25) is 0 Å². The lowest BCUT2D eigenvalue weighted by Crippen LogP contribution is -2.74. The van der Waals surface area contributed by atoms with Crippen molar-refractivity contribution in [1.29, 1.82) is 0 Å². The molecule has 188 valence electrons. The third kappa shape index (κ3) is 4.35. The highest BCUT2D eigenvalue weighted by Gasteiger charge is 2.93. The normalized spacial score (nSPS) is 16.2. The van der Waals surface area contributed by atoms with Crippen molar-refractivity contribution in [1.82, 2.24) is 0 Å². The van der Waals surface area contributed by atoms with Crippen molar-refractivity contribution in [3.05, 3.63) is 0 Å². The lowest BCUT2D eigenvalue weighted by molar-refractivity contribution is -0.447. The Hall–Kier alpha value is -1.25. The van der Waals surface area contributed by atoms with Crippen LogP contribution in [0.1, 0.15) is 0 Å². The molecule has 0 saturated carbocycles. The van der Waals surface area contributed by atoms with Crippen LogP contribution in [0.15, 0.2) is 0 Å². The monoisotopic (exact) mass is 526 g/mol. The smallest absolute Gasteiger partial charge is 0.252 e. The molecule has 0 spiro atoms. The Labute approximate surface area is 160 Å². The van der Waals surface area contributed by atoms with Crippen molar-refractivity contribution in [2.24, 2.45) is 0 Å². The summed E-state index contributed by atoms with van der Waals surface area (Å²) < 4.78 is 235. The van der Waals surface area contributed by atoms with Crippen LogP contribution in [0.3, 0.4) is 0 Å². The molecule has 0 aliphatic rings. The van der Waals surface area contributed by atoms with Gasteiger partial charge in [0.2, 0.25) is 0 Å². The first-order valence-corrected chi connectivity index (χ1v) is 7.92. The van der Waals surface area contributed by atoms with Gasteiger partial charge in [0.1, 0.15) is 6.61 Å². The maximum atomic E-state index is 13.3. The zero-order chi connectivity index (χ0) is 25.7. The number of rotatable bonds is 11. The molecule has 0 saturated heterocycles. The molecule has 0 radical (unpaired) electrons. The fourth-order valence-electron chi connectivity index (χ4n) is 1.45. The van der Waals surface area contributed by atoms with Crippen LogP contribution in [-0.4, -0.2) is 70.0 Å². The third-order valence-corrected chi connectivity index (χ3v) is 4.13. The van der Waals surface area contributed by atoms with Gasteiger partial charge in [-0.25, -0.2) is 13.0 Å². The quantitative estimate of drug-likeness (QED) is 0.370. The minimum Gasteiger partial charge on any atom is -0.252 e. The maximum absolute atomic E-state index is 13.3. The molecule has 0 aromatic carbocycles. The van der Waals surface area contributed by atoms with Gasteiger partial charge < -0.3 is 0 Å². The van der Waals surface area contributed by atoms with Crippen LogP contribution >= 0.6 is 0 Å². The summed E-state index contributed by atoms with van der Waals surface area (Å²) in [5.74, 6) is -56.0. The van der Waals surface area contributed by atoms with E-state index in [-0.39, 0.29) is 7.11 Å². The molecule has 0 aromatic heterocycles. The molecular weight excluding hydrogens is 520 g/mol. The average molecular weight is 526 g/mol. The summed E-state index contributed by atoms with van der Waals surface area (Å²) in [6.07, 6.45) is -5.94. The van der Waals surface area contributed by atoms with Crippen molar-refractivity contribution < 1.29 is 87.0 Å². The van der Waals surface area contributed by atoms with Gasteiger partial charge in [0.05, 0.1) is 7.11 Å². The predicted molar refractivity (Wildman–Crippen MR) is 62.5 cm³/mol. The van der Waals surface area contributed by atoms with E-state index in [1.807, 2.05) is 0 Å². The molecule has 21 heteroatoms. The molecule has 0 bridgehead atoms. The van der Waals surface area contributed by atoms with Crippen LogP contribution in [0.5, 0.6) is 0 Å². The molecule has 0 aliphatic heterocycles. The van der Waals surface area contributed by atoms with Crippen LogP contribution in [-0.2, 0) is 18.8 Å². The Morgan fingerprint density at radius 1 is 0.645 bits per heavy atom. The Balaban J connectivity index is 6.49. The van der Waals surface area contributed by atoms with Crippen molar-refractivity contribution >= 4 is 10.4 Å². The van der Waals surface area contributed by atoms with Gasteiger partial charge in [-0.1, -0.05) is 0 Å². The van der Waals surface area contributed by atoms with Gasteiger partial charge >= 0.3 is 58.3 Å². The SMILES string of the molecule is COS(=O)(=O)OCC(F)(F)C(F)(F)C(F)(F)C(F)(F)C(F)(F)C(F)(F)C(F)(F)C(F)F. The van der Waals surface area contributed by atoms with Gasteiger partial charge in [-0.3, -0.25) is 4.18 Å². The van der Waals surface area contributed by atoms with Crippen LogP contribution in [0, 0.1) is 0 Å². The van der Waals surface area contributed by atoms with Crippen LogP contribution in [0.25, 0.3) is 0 Å². The van der Waals surface area contributed by atoms with E-state index in [0.717, 1.165) is 0 Å². The second kappa shape index (κ2) is 7.96. The van der Waals surface area contributed by atoms with Gasteiger partial charge in [-0.05, 0) is 0 Å². The van der Waals surface area contributed by atoms with Gasteiger partial charge in [0.15, 0.2) is 0 Å². The highest BCUT2D eigenvalue weighted by atomic mass is 32.3. The predicted octanol–water partition coefficient (Wildman–Crippen LogP) is 4.61. The number of halogens is 16. The molecule has 0 N–H and O–H groups in total. The number of hydrogen-bond acceptors (Lipinski definition) is 4. The summed E-state index contributed by atoms with van der Waals surface area (Å²) in [6, 6.07) is 0. The molecule has 0 amide bonds. The molecule has 4 nitrogen and oxygen atoms in total. The Bertz CT molecular complexity index is 745. The van der Waals surface area contributed by atoms with E-state index >= 15 is 0 Å². The highest BCUT2D eigenvalue weighted by Crippen LogP contribution is 2.62. The van der Waals surface area contributed by atoms with Gasteiger partial charge in [-0.2, -0.15) is 69.9 Å². The average Bonchev–Trinajstić information content (AvgIpc) is 2.58. The minimum absolute atomic E-state index is 0.111. The fraction of sp³-hybridized carbons (Fsp3) is 1.00. The molecule has 0 aromatic rings. The Morgan fingerprint density at radius 3 is 1.29 bits per heavy atom. The van der Waals surface area contributed by atoms with Gasteiger partial charge in [0, 0.05) is 0 Å². The van der Waals surface area contributed by atoms with E-state index in [2.05, 4.69) is 8.37 Å². The minimum atomic E-state index is -8.56. The molecule has 0 heterocycles. The first-order valence-electron chi connectivity index (χ1n) is 6.59. The first-order chi connectivity index (χ1) is 13.2. The zero-order valence-corrected chi connectivity index (χ0v) is 14.7. The van der Waals surface area contributed by atoms with Crippen molar-refractivity contribution in [2.45, 2.75) is 47.9 Å².